The van der Waals surface area contributed by atoms with Gasteiger partial charge in [0.15, 0.2) is 0 Å². The molecule has 1 N–H and O–H groups in total. The summed E-state index contributed by atoms with van der Waals surface area (Å²) in [5, 5.41) is 4.25. The maximum Gasteiger partial charge on any atom is 0.328 e. The number of imide groups is 1. The van der Waals surface area contributed by atoms with E-state index in [4.69, 9.17) is 11.6 Å². The van der Waals surface area contributed by atoms with E-state index in [1.807, 2.05) is 49.4 Å². The number of aryl methyl sites for hydroxylation is 2. The van der Waals surface area contributed by atoms with Crippen molar-refractivity contribution in [3.05, 3.63) is 64.2 Å². The molecule has 3 saturated heterocycles. The number of fused-ring (bicyclic) bond motifs is 3. The third-order valence-corrected chi connectivity index (χ3v) is 7.01. The summed E-state index contributed by atoms with van der Waals surface area (Å²) in [4.78, 5) is 34.3. The number of urea groups is 1. The van der Waals surface area contributed by atoms with E-state index in [-0.39, 0.29) is 30.9 Å². The molecule has 2 aromatic rings. The Kier molecular flexibility index (Phi) is 5.35. The van der Waals surface area contributed by atoms with Crippen LogP contribution in [0, 0.1) is 13.8 Å². The number of halogens is 1. The van der Waals surface area contributed by atoms with E-state index in [0.29, 0.717) is 5.02 Å². The zero-order valence-corrected chi connectivity index (χ0v) is 19.3. The average Bonchev–Trinajstić information content (AvgIpc) is 3.17. The number of amides is 3. The SMILES string of the molecule is Cc1cccc(CN2C(=O)C3C(NC4N(c5cc(Cl)ccc5C)CCCN34)N(C)C2=O)c1. The zero-order valence-electron chi connectivity index (χ0n) is 18.6. The van der Waals surface area contributed by atoms with Crippen LogP contribution in [0.15, 0.2) is 42.5 Å². The van der Waals surface area contributed by atoms with Crippen LogP contribution in [0.1, 0.15) is 23.1 Å². The van der Waals surface area contributed by atoms with Crippen LogP contribution in [-0.2, 0) is 11.3 Å². The molecule has 168 valence electrons. The summed E-state index contributed by atoms with van der Waals surface area (Å²) in [5.41, 5.74) is 4.24. The van der Waals surface area contributed by atoms with Crippen molar-refractivity contribution in [1.82, 2.24) is 20.0 Å². The van der Waals surface area contributed by atoms with Crippen LogP contribution in [0.3, 0.4) is 0 Å². The van der Waals surface area contributed by atoms with Crippen molar-refractivity contribution >= 4 is 29.2 Å². The van der Waals surface area contributed by atoms with Gasteiger partial charge in [0, 0.05) is 30.8 Å². The molecule has 0 aliphatic carbocycles. The topological polar surface area (TPSA) is 59.1 Å². The van der Waals surface area contributed by atoms with Crippen LogP contribution >= 0.6 is 11.6 Å². The van der Waals surface area contributed by atoms with Crippen molar-refractivity contribution in [1.29, 1.82) is 0 Å². The molecule has 3 unspecified atom stereocenters. The Labute approximate surface area is 193 Å². The number of hydrogen-bond acceptors (Lipinski definition) is 5. The first kappa shape index (κ1) is 21.2. The molecule has 3 atom stereocenters. The second-order valence-electron chi connectivity index (χ2n) is 8.95. The minimum atomic E-state index is -0.421. The predicted molar refractivity (Wildman–Crippen MR) is 124 cm³/mol. The van der Waals surface area contributed by atoms with Crippen molar-refractivity contribution < 1.29 is 9.59 Å². The lowest BCUT2D eigenvalue weighted by atomic mass is 10.1. The largest absolute Gasteiger partial charge is 0.343 e. The summed E-state index contributed by atoms with van der Waals surface area (Å²) in [7, 11) is 1.77. The van der Waals surface area contributed by atoms with E-state index >= 15 is 0 Å². The molecule has 8 heteroatoms. The predicted octanol–water partition coefficient (Wildman–Crippen LogP) is 3.14. The van der Waals surface area contributed by atoms with E-state index in [1.165, 1.54) is 4.90 Å². The molecule has 3 heterocycles. The van der Waals surface area contributed by atoms with Gasteiger partial charge in [0.25, 0.3) is 5.91 Å². The molecule has 2 aromatic carbocycles. The Bertz CT molecular complexity index is 1080. The van der Waals surface area contributed by atoms with Gasteiger partial charge in [-0.05, 0) is 43.5 Å². The molecular weight excluding hydrogens is 426 g/mol. The van der Waals surface area contributed by atoms with Gasteiger partial charge in [-0.1, -0.05) is 47.5 Å². The van der Waals surface area contributed by atoms with E-state index in [9.17, 15) is 9.59 Å². The Balaban J connectivity index is 1.45. The van der Waals surface area contributed by atoms with Crippen LogP contribution in [0.5, 0.6) is 0 Å². The Morgan fingerprint density at radius 2 is 1.91 bits per heavy atom. The molecule has 0 bridgehead atoms. The molecule has 32 heavy (non-hydrogen) atoms. The molecule has 3 fully saturated rings. The quantitative estimate of drug-likeness (QED) is 0.773. The highest BCUT2D eigenvalue weighted by Gasteiger charge is 2.56. The summed E-state index contributed by atoms with van der Waals surface area (Å²) < 4.78 is 0. The molecule has 0 aromatic heterocycles. The number of nitrogens with one attached hydrogen (secondary N) is 1. The number of carbonyl (C=O) groups excluding carboxylic acids is 2. The van der Waals surface area contributed by atoms with Crippen molar-refractivity contribution in [3.63, 3.8) is 0 Å². The smallest absolute Gasteiger partial charge is 0.328 e. The van der Waals surface area contributed by atoms with Gasteiger partial charge in [-0.15, -0.1) is 0 Å². The van der Waals surface area contributed by atoms with Crippen LogP contribution < -0.4 is 10.2 Å². The lowest BCUT2D eigenvalue weighted by molar-refractivity contribution is -0.139. The monoisotopic (exact) mass is 453 g/mol. The van der Waals surface area contributed by atoms with E-state index in [1.54, 1.807) is 11.9 Å². The first-order valence-electron chi connectivity index (χ1n) is 11.0. The van der Waals surface area contributed by atoms with Crippen LogP contribution in [0.4, 0.5) is 10.5 Å². The summed E-state index contributed by atoms with van der Waals surface area (Å²) >= 11 is 6.30. The maximum atomic E-state index is 13.6. The van der Waals surface area contributed by atoms with Gasteiger partial charge in [0.1, 0.15) is 18.5 Å². The normalized spacial score (nSPS) is 25.9. The molecular formula is C24H28ClN5O2. The van der Waals surface area contributed by atoms with Gasteiger partial charge in [-0.3, -0.25) is 19.9 Å². The molecule has 0 spiro atoms. The molecule has 3 amide bonds. The summed E-state index contributed by atoms with van der Waals surface area (Å²) in [5.74, 6) is -0.140. The molecule has 5 rings (SSSR count). The van der Waals surface area contributed by atoms with Crippen molar-refractivity contribution in [2.75, 3.05) is 25.0 Å². The average molecular weight is 454 g/mol. The van der Waals surface area contributed by atoms with Crippen molar-refractivity contribution in [2.45, 2.75) is 45.3 Å². The first-order valence-corrected chi connectivity index (χ1v) is 11.4. The number of nitrogens with zero attached hydrogens (tertiary/aromatic N) is 4. The third kappa shape index (κ3) is 3.45. The lowest BCUT2D eigenvalue weighted by Crippen LogP contribution is -2.66. The fourth-order valence-electron chi connectivity index (χ4n) is 5.20. The fourth-order valence-corrected chi connectivity index (χ4v) is 5.36. The van der Waals surface area contributed by atoms with Gasteiger partial charge >= 0.3 is 6.03 Å². The number of benzene rings is 2. The number of likely N-dealkylation sites (N-methyl/N-ethyl adjacent to an activating group) is 1. The van der Waals surface area contributed by atoms with Gasteiger partial charge in [-0.25, -0.2) is 4.79 Å². The summed E-state index contributed by atoms with van der Waals surface area (Å²) in [6.45, 7) is 6.01. The first-order chi connectivity index (χ1) is 15.3. The Hall–Kier alpha value is -2.61. The standard InChI is InChI=1S/C24H28ClN5O2/c1-15-6-4-7-17(12-15)14-30-22(31)20-21(27(3)24(30)32)26-23-28(10-5-11-29(20)23)19-13-18(25)9-8-16(19)2/h4,6-9,12-13,20-21,23,26H,5,10-11,14H2,1-3H3. The van der Waals surface area contributed by atoms with E-state index in [2.05, 4.69) is 22.0 Å². The van der Waals surface area contributed by atoms with E-state index in [0.717, 1.165) is 41.9 Å². The Morgan fingerprint density at radius 3 is 2.69 bits per heavy atom. The number of hydrogen-bond donors (Lipinski definition) is 1. The second-order valence-corrected chi connectivity index (χ2v) is 9.39. The van der Waals surface area contributed by atoms with Crippen molar-refractivity contribution in [2.24, 2.45) is 0 Å². The van der Waals surface area contributed by atoms with Crippen LogP contribution in [-0.4, -0.2) is 65.3 Å². The molecule has 0 radical (unpaired) electrons. The minimum Gasteiger partial charge on any atom is -0.343 e. The maximum absolute atomic E-state index is 13.6. The number of anilines is 1. The minimum absolute atomic E-state index is 0.140. The zero-order chi connectivity index (χ0) is 22.6. The van der Waals surface area contributed by atoms with Gasteiger partial charge in [-0.2, -0.15) is 0 Å². The second kappa shape index (κ2) is 8.06. The van der Waals surface area contributed by atoms with E-state index < -0.39 is 6.04 Å². The summed E-state index contributed by atoms with van der Waals surface area (Å²) in [6.07, 6.45) is 0.388. The Morgan fingerprint density at radius 1 is 1.09 bits per heavy atom. The van der Waals surface area contributed by atoms with Crippen LogP contribution in [0.2, 0.25) is 5.02 Å². The van der Waals surface area contributed by atoms with Gasteiger partial charge < -0.3 is 9.80 Å². The highest BCUT2D eigenvalue weighted by Crippen LogP contribution is 2.35. The van der Waals surface area contributed by atoms with Gasteiger partial charge in [0.05, 0.1) is 6.54 Å². The molecule has 7 nitrogen and oxygen atoms in total. The van der Waals surface area contributed by atoms with Crippen molar-refractivity contribution in [3.8, 4) is 0 Å². The third-order valence-electron chi connectivity index (χ3n) is 6.77. The lowest BCUT2D eigenvalue weighted by Gasteiger charge is -2.44. The van der Waals surface area contributed by atoms with Gasteiger partial charge in [0.2, 0.25) is 0 Å². The fraction of sp³-hybridized carbons (Fsp3) is 0.417. The van der Waals surface area contributed by atoms with Crippen LogP contribution in [0.25, 0.3) is 0 Å². The number of carbonyl (C=O) groups is 2. The molecule has 3 aliphatic rings. The molecule has 3 aliphatic heterocycles. The molecule has 0 saturated carbocycles. The number of rotatable bonds is 3. The summed E-state index contributed by atoms with van der Waals surface area (Å²) in [6, 6.07) is 13.1. The highest BCUT2D eigenvalue weighted by molar-refractivity contribution is 6.30. The highest BCUT2D eigenvalue weighted by atomic mass is 35.5.